The lowest BCUT2D eigenvalue weighted by atomic mass is 10.2. The Morgan fingerprint density at radius 1 is 1.50 bits per heavy atom. The fraction of sp³-hybridized carbons (Fsp3) is 0. The smallest absolute Gasteiger partial charge is 0.220 e. The molecule has 0 atom stereocenters. The molecule has 2 aromatic rings. The molecule has 14 heavy (non-hydrogen) atoms. The Kier molecular flexibility index (Phi) is 1.88. The normalized spacial score (nSPS) is 9.64. The van der Waals surface area contributed by atoms with Gasteiger partial charge in [-0.2, -0.15) is 5.26 Å². The van der Waals surface area contributed by atoms with Gasteiger partial charge in [0.1, 0.15) is 17.3 Å². The Labute approximate surface area is 79.8 Å². The van der Waals surface area contributed by atoms with Crippen LogP contribution in [0, 0.1) is 11.3 Å². The van der Waals surface area contributed by atoms with Crippen LogP contribution < -0.4 is 5.73 Å². The fourth-order valence-electron chi connectivity index (χ4n) is 1.08. The number of hydrogen-bond acceptors (Lipinski definition) is 5. The summed E-state index contributed by atoms with van der Waals surface area (Å²) in [6.07, 6.45) is 2.88. The van der Waals surface area contributed by atoms with Crippen molar-refractivity contribution >= 4 is 5.95 Å². The Morgan fingerprint density at radius 2 is 2.36 bits per heavy atom. The molecule has 2 heterocycles. The van der Waals surface area contributed by atoms with Crippen molar-refractivity contribution in [1.82, 2.24) is 9.97 Å². The molecule has 0 spiro atoms. The third-order valence-electron chi connectivity index (χ3n) is 1.68. The van der Waals surface area contributed by atoms with E-state index in [0.29, 0.717) is 17.0 Å². The highest BCUT2D eigenvalue weighted by atomic mass is 16.3. The van der Waals surface area contributed by atoms with Crippen molar-refractivity contribution in [2.45, 2.75) is 0 Å². The fourth-order valence-corrected chi connectivity index (χ4v) is 1.08. The Morgan fingerprint density at radius 3 is 3.00 bits per heavy atom. The number of nitrogen functional groups attached to an aromatic ring is 1. The van der Waals surface area contributed by atoms with Gasteiger partial charge in [-0.15, -0.1) is 0 Å². The topological polar surface area (TPSA) is 88.7 Å². The zero-order chi connectivity index (χ0) is 9.97. The molecule has 0 aliphatic heterocycles. The SMILES string of the molecule is N#Cc1cnc(N)nc1-c1ccco1. The summed E-state index contributed by atoms with van der Waals surface area (Å²) in [6.45, 7) is 0. The van der Waals surface area contributed by atoms with E-state index in [-0.39, 0.29) is 5.95 Å². The molecule has 0 unspecified atom stereocenters. The summed E-state index contributed by atoms with van der Waals surface area (Å²) in [7, 11) is 0. The highest BCUT2D eigenvalue weighted by Gasteiger charge is 2.09. The molecule has 0 saturated heterocycles. The maximum absolute atomic E-state index is 8.80. The molecule has 2 N–H and O–H groups in total. The summed E-state index contributed by atoms with van der Waals surface area (Å²) in [6, 6.07) is 5.40. The van der Waals surface area contributed by atoms with Gasteiger partial charge in [0.2, 0.25) is 5.95 Å². The van der Waals surface area contributed by atoms with E-state index in [0.717, 1.165) is 0 Å². The summed E-state index contributed by atoms with van der Waals surface area (Å²) in [5.41, 5.74) is 6.18. The van der Waals surface area contributed by atoms with Gasteiger partial charge in [0, 0.05) is 0 Å². The van der Waals surface area contributed by atoms with Crippen molar-refractivity contribution in [2.75, 3.05) is 5.73 Å². The van der Waals surface area contributed by atoms with Gasteiger partial charge in [0.25, 0.3) is 0 Å². The lowest BCUT2D eigenvalue weighted by molar-refractivity contribution is 0.579. The van der Waals surface area contributed by atoms with E-state index in [1.54, 1.807) is 12.1 Å². The zero-order valence-electron chi connectivity index (χ0n) is 7.14. The van der Waals surface area contributed by atoms with Crippen LogP contribution in [0.5, 0.6) is 0 Å². The molecule has 0 amide bonds. The van der Waals surface area contributed by atoms with Gasteiger partial charge in [0.05, 0.1) is 12.5 Å². The molecule has 68 valence electrons. The number of anilines is 1. The first-order chi connectivity index (χ1) is 6.81. The highest BCUT2D eigenvalue weighted by Crippen LogP contribution is 2.21. The molecule has 0 aromatic carbocycles. The number of nitrogens with two attached hydrogens (primary N) is 1. The van der Waals surface area contributed by atoms with Gasteiger partial charge < -0.3 is 10.2 Å². The minimum Gasteiger partial charge on any atom is -0.463 e. The average Bonchev–Trinajstić information content (AvgIpc) is 2.70. The molecule has 0 aliphatic rings. The first kappa shape index (κ1) is 8.26. The summed E-state index contributed by atoms with van der Waals surface area (Å²) >= 11 is 0. The van der Waals surface area contributed by atoms with E-state index in [9.17, 15) is 0 Å². The van der Waals surface area contributed by atoms with Crippen molar-refractivity contribution in [3.8, 4) is 17.5 Å². The second-order valence-electron chi connectivity index (χ2n) is 2.58. The molecule has 2 aromatic heterocycles. The number of hydrogen-bond donors (Lipinski definition) is 1. The highest BCUT2D eigenvalue weighted by molar-refractivity contribution is 5.61. The van der Waals surface area contributed by atoms with E-state index in [1.807, 2.05) is 6.07 Å². The van der Waals surface area contributed by atoms with Crippen molar-refractivity contribution in [3.05, 3.63) is 30.2 Å². The van der Waals surface area contributed by atoms with Crippen LogP contribution >= 0.6 is 0 Å². The maximum atomic E-state index is 8.80. The lowest BCUT2D eigenvalue weighted by Crippen LogP contribution is -1.98. The Balaban J connectivity index is 2.63. The molecular formula is C9H6N4O. The third-order valence-corrected chi connectivity index (χ3v) is 1.68. The maximum Gasteiger partial charge on any atom is 0.220 e. The number of nitrogens with zero attached hydrogens (tertiary/aromatic N) is 3. The molecule has 0 saturated carbocycles. The summed E-state index contributed by atoms with van der Waals surface area (Å²) in [5, 5.41) is 8.80. The van der Waals surface area contributed by atoms with E-state index in [1.165, 1.54) is 12.5 Å². The Hall–Kier alpha value is -2.35. The molecule has 0 fully saturated rings. The minimum absolute atomic E-state index is 0.121. The first-order valence-electron chi connectivity index (χ1n) is 3.88. The number of furan rings is 1. The van der Waals surface area contributed by atoms with Crippen LogP contribution in [-0.4, -0.2) is 9.97 Å². The van der Waals surface area contributed by atoms with Crippen LogP contribution in [0.4, 0.5) is 5.95 Å². The van der Waals surface area contributed by atoms with Crippen molar-refractivity contribution in [1.29, 1.82) is 5.26 Å². The summed E-state index contributed by atoms with van der Waals surface area (Å²) in [5.74, 6) is 0.631. The van der Waals surface area contributed by atoms with Crippen LogP contribution in [0.1, 0.15) is 5.56 Å². The van der Waals surface area contributed by atoms with Crippen molar-refractivity contribution < 1.29 is 4.42 Å². The average molecular weight is 186 g/mol. The largest absolute Gasteiger partial charge is 0.463 e. The van der Waals surface area contributed by atoms with Crippen molar-refractivity contribution in [3.63, 3.8) is 0 Å². The second kappa shape index (κ2) is 3.18. The lowest BCUT2D eigenvalue weighted by Gasteiger charge is -1.98. The van der Waals surface area contributed by atoms with Crippen molar-refractivity contribution in [2.24, 2.45) is 0 Å². The summed E-state index contributed by atoms with van der Waals surface area (Å²) < 4.78 is 5.12. The van der Waals surface area contributed by atoms with Crippen LogP contribution in [0.25, 0.3) is 11.5 Å². The van der Waals surface area contributed by atoms with Gasteiger partial charge in [-0.1, -0.05) is 0 Å². The molecule has 0 bridgehead atoms. The van der Waals surface area contributed by atoms with Crippen LogP contribution in [0.2, 0.25) is 0 Å². The van der Waals surface area contributed by atoms with Crippen LogP contribution in [-0.2, 0) is 0 Å². The standard InChI is InChI=1S/C9H6N4O/c10-4-6-5-12-9(11)13-8(6)7-2-1-3-14-7/h1-3,5H,(H2,11,12,13). The van der Waals surface area contributed by atoms with E-state index < -0.39 is 0 Å². The molecular weight excluding hydrogens is 180 g/mol. The first-order valence-corrected chi connectivity index (χ1v) is 3.88. The quantitative estimate of drug-likeness (QED) is 0.722. The predicted octanol–water partition coefficient (Wildman–Crippen LogP) is 1.19. The monoisotopic (exact) mass is 186 g/mol. The Bertz CT molecular complexity index is 484. The summed E-state index contributed by atoms with van der Waals surface area (Å²) in [4.78, 5) is 7.66. The van der Waals surface area contributed by atoms with E-state index >= 15 is 0 Å². The molecule has 0 radical (unpaired) electrons. The molecule has 0 aliphatic carbocycles. The van der Waals surface area contributed by atoms with Gasteiger partial charge in [0.15, 0.2) is 5.76 Å². The van der Waals surface area contributed by atoms with Gasteiger partial charge in [-0.05, 0) is 12.1 Å². The van der Waals surface area contributed by atoms with Gasteiger partial charge >= 0.3 is 0 Å². The zero-order valence-corrected chi connectivity index (χ0v) is 7.14. The molecule has 5 heteroatoms. The molecule has 2 rings (SSSR count). The predicted molar refractivity (Wildman–Crippen MR) is 48.9 cm³/mol. The van der Waals surface area contributed by atoms with Gasteiger partial charge in [-0.3, -0.25) is 0 Å². The number of aromatic nitrogens is 2. The van der Waals surface area contributed by atoms with Gasteiger partial charge in [-0.25, -0.2) is 9.97 Å². The number of rotatable bonds is 1. The minimum atomic E-state index is 0.121. The van der Waals surface area contributed by atoms with E-state index in [2.05, 4.69) is 9.97 Å². The van der Waals surface area contributed by atoms with Crippen LogP contribution in [0.15, 0.2) is 29.0 Å². The van der Waals surface area contributed by atoms with Crippen LogP contribution in [0.3, 0.4) is 0 Å². The molecule has 5 nitrogen and oxygen atoms in total. The second-order valence-corrected chi connectivity index (χ2v) is 2.58. The number of nitriles is 1. The third kappa shape index (κ3) is 1.29. The van der Waals surface area contributed by atoms with E-state index in [4.69, 9.17) is 15.4 Å².